The second kappa shape index (κ2) is 5.39. The van der Waals surface area contributed by atoms with Gasteiger partial charge < -0.3 is 14.7 Å². The molecule has 0 unspecified atom stereocenters. The summed E-state index contributed by atoms with van der Waals surface area (Å²) in [5.41, 5.74) is -0.535. The lowest BCUT2D eigenvalue weighted by Gasteiger charge is -2.24. The summed E-state index contributed by atoms with van der Waals surface area (Å²) in [6, 6.07) is 3.24. The average molecular weight is 271 g/mol. The smallest absolute Gasteiger partial charge is 0.410 e. The SMILES string of the molecule is CN(Cc1ccc(C(=O)O)s1)C(=O)OC(C)(C)C. The Morgan fingerprint density at radius 3 is 2.44 bits per heavy atom. The van der Waals surface area contributed by atoms with Gasteiger partial charge in [0.1, 0.15) is 10.5 Å². The first-order chi connectivity index (χ1) is 8.19. The Bertz CT molecular complexity index is 447. The summed E-state index contributed by atoms with van der Waals surface area (Å²) in [5.74, 6) is -0.953. The molecule has 1 heterocycles. The molecule has 0 fully saturated rings. The molecule has 0 spiro atoms. The fourth-order valence-electron chi connectivity index (χ4n) is 1.22. The number of nitrogens with zero attached hydrogens (tertiary/aromatic N) is 1. The van der Waals surface area contributed by atoms with Crippen LogP contribution in [0.15, 0.2) is 12.1 Å². The molecule has 1 N–H and O–H groups in total. The van der Waals surface area contributed by atoms with Gasteiger partial charge in [0.25, 0.3) is 0 Å². The molecular formula is C12H17NO4S. The molecule has 6 heteroatoms. The monoisotopic (exact) mass is 271 g/mol. The number of ether oxygens (including phenoxy) is 1. The van der Waals surface area contributed by atoms with Gasteiger partial charge in [-0.05, 0) is 32.9 Å². The standard InChI is InChI=1S/C12H17NO4S/c1-12(2,3)17-11(16)13(4)7-8-5-6-9(18-8)10(14)15/h5-6H,7H2,1-4H3,(H,14,15). The van der Waals surface area contributed by atoms with E-state index in [1.165, 1.54) is 11.0 Å². The van der Waals surface area contributed by atoms with Gasteiger partial charge in [-0.15, -0.1) is 11.3 Å². The maximum absolute atomic E-state index is 11.7. The van der Waals surface area contributed by atoms with Crippen molar-refractivity contribution < 1.29 is 19.4 Å². The molecule has 0 aromatic carbocycles. The third kappa shape index (κ3) is 4.37. The highest BCUT2D eigenvalue weighted by atomic mass is 32.1. The van der Waals surface area contributed by atoms with E-state index >= 15 is 0 Å². The molecular weight excluding hydrogens is 254 g/mol. The summed E-state index contributed by atoms with van der Waals surface area (Å²) in [6.07, 6.45) is -0.423. The first-order valence-electron chi connectivity index (χ1n) is 5.45. The van der Waals surface area contributed by atoms with Crippen molar-refractivity contribution in [2.45, 2.75) is 32.9 Å². The third-order valence-corrected chi connectivity index (χ3v) is 3.03. The number of carboxylic acid groups (broad SMARTS) is 1. The van der Waals surface area contributed by atoms with Gasteiger partial charge in [-0.1, -0.05) is 0 Å². The van der Waals surface area contributed by atoms with Gasteiger partial charge in [-0.2, -0.15) is 0 Å². The number of amides is 1. The van der Waals surface area contributed by atoms with Crippen LogP contribution in [0.1, 0.15) is 35.3 Å². The molecule has 5 nitrogen and oxygen atoms in total. The minimum Gasteiger partial charge on any atom is -0.477 e. The molecule has 100 valence electrons. The van der Waals surface area contributed by atoms with E-state index in [0.717, 1.165) is 16.2 Å². The fourth-order valence-corrected chi connectivity index (χ4v) is 2.12. The number of rotatable bonds is 3. The van der Waals surface area contributed by atoms with Gasteiger partial charge in [0, 0.05) is 11.9 Å². The molecule has 18 heavy (non-hydrogen) atoms. The molecule has 1 rings (SSSR count). The molecule has 0 atom stereocenters. The first-order valence-corrected chi connectivity index (χ1v) is 6.27. The van der Waals surface area contributed by atoms with E-state index < -0.39 is 17.7 Å². The van der Waals surface area contributed by atoms with E-state index in [4.69, 9.17) is 9.84 Å². The molecule has 0 radical (unpaired) electrons. The van der Waals surface area contributed by atoms with Crippen LogP contribution >= 0.6 is 11.3 Å². The van der Waals surface area contributed by atoms with E-state index in [2.05, 4.69) is 0 Å². The number of aromatic carboxylic acids is 1. The Balaban J connectivity index is 2.61. The molecule has 0 aliphatic rings. The van der Waals surface area contributed by atoms with E-state index in [0.29, 0.717) is 6.54 Å². The first kappa shape index (κ1) is 14.5. The zero-order valence-electron chi connectivity index (χ0n) is 10.9. The summed E-state index contributed by atoms with van der Waals surface area (Å²) in [6.45, 7) is 5.73. The van der Waals surface area contributed by atoms with Crippen molar-refractivity contribution in [3.8, 4) is 0 Å². The van der Waals surface area contributed by atoms with E-state index in [-0.39, 0.29) is 4.88 Å². The second-order valence-corrected chi connectivity index (χ2v) is 6.08. The number of hydrogen-bond acceptors (Lipinski definition) is 4. The van der Waals surface area contributed by atoms with E-state index in [1.54, 1.807) is 33.9 Å². The van der Waals surface area contributed by atoms with Crippen LogP contribution in [0.5, 0.6) is 0 Å². The van der Waals surface area contributed by atoms with Gasteiger partial charge in [-0.25, -0.2) is 9.59 Å². The van der Waals surface area contributed by atoms with Crippen molar-refractivity contribution in [1.82, 2.24) is 4.90 Å². The van der Waals surface area contributed by atoms with Crippen LogP contribution in [0.3, 0.4) is 0 Å². The van der Waals surface area contributed by atoms with Crippen molar-refractivity contribution in [2.75, 3.05) is 7.05 Å². The predicted molar refractivity (Wildman–Crippen MR) is 69.0 cm³/mol. The lowest BCUT2D eigenvalue weighted by Crippen LogP contribution is -2.33. The fraction of sp³-hybridized carbons (Fsp3) is 0.500. The van der Waals surface area contributed by atoms with Gasteiger partial charge in [0.2, 0.25) is 0 Å². The maximum atomic E-state index is 11.7. The predicted octanol–water partition coefficient (Wildman–Crippen LogP) is 2.81. The zero-order valence-corrected chi connectivity index (χ0v) is 11.7. The lowest BCUT2D eigenvalue weighted by molar-refractivity contribution is 0.0286. The summed E-state index contributed by atoms with van der Waals surface area (Å²) >= 11 is 1.16. The van der Waals surface area contributed by atoms with Gasteiger partial charge in [-0.3, -0.25) is 0 Å². The van der Waals surface area contributed by atoms with Crippen molar-refractivity contribution in [2.24, 2.45) is 0 Å². The minimum absolute atomic E-state index is 0.266. The number of carboxylic acids is 1. The molecule has 0 aliphatic heterocycles. The van der Waals surface area contributed by atoms with E-state index in [1.807, 2.05) is 0 Å². The Labute approximate surface area is 110 Å². The molecule has 0 saturated heterocycles. The summed E-state index contributed by atoms with van der Waals surface area (Å²) in [4.78, 5) is 24.9. The normalized spacial score (nSPS) is 11.1. The van der Waals surface area contributed by atoms with E-state index in [9.17, 15) is 9.59 Å². The average Bonchev–Trinajstić information content (AvgIpc) is 2.63. The molecule has 1 amide bonds. The quantitative estimate of drug-likeness (QED) is 0.918. The van der Waals surface area contributed by atoms with Crippen molar-refractivity contribution in [1.29, 1.82) is 0 Å². The number of thiophene rings is 1. The van der Waals surface area contributed by atoms with Crippen LogP contribution < -0.4 is 0 Å². The highest BCUT2D eigenvalue weighted by molar-refractivity contribution is 7.13. The van der Waals surface area contributed by atoms with Crippen LogP contribution in [0.25, 0.3) is 0 Å². The van der Waals surface area contributed by atoms with Gasteiger partial charge >= 0.3 is 12.1 Å². The summed E-state index contributed by atoms with van der Waals surface area (Å²) in [5, 5.41) is 8.80. The van der Waals surface area contributed by atoms with Crippen LogP contribution in [0.4, 0.5) is 4.79 Å². The Morgan fingerprint density at radius 1 is 1.39 bits per heavy atom. The van der Waals surface area contributed by atoms with Crippen molar-refractivity contribution in [3.63, 3.8) is 0 Å². The molecule has 0 saturated carbocycles. The Kier molecular flexibility index (Phi) is 4.34. The number of hydrogen-bond donors (Lipinski definition) is 1. The maximum Gasteiger partial charge on any atom is 0.410 e. The molecule has 0 aliphatic carbocycles. The zero-order chi connectivity index (χ0) is 13.9. The molecule has 1 aromatic heterocycles. The van der Waals surface area contributed by atoms with Crippen LogP contribution in [-0.2, 0) is 11.3 Å². The lowest BCUT2D eigenvalue weighted by atomic mass is 10.2. The van der Waals surface area contributed by atoms with Gasteiger partial charge in [0.15, 0.2) is 0 Å². The summed E-state index contributed by atoms with van der Waals surface area (Å²) in [7, 11) is 1.62. The van der Waals surface area contributed by atoms with Crippen molar-refractivity contribution >= 4 is 23.4 Å². The largest absolute Gasteiger partial charge is 0.477 e. The highest BCUT2D eigenvalue weighted by Crippen LogP contribution is 2.19. The van der Waals surface area contributed by atoms with Crippen molar-refractivity contribution in [3.05, 3.63) is 21.9 Å². The third-order valence-electron chi connectivity index (χ3n) is 1.97. The number of carbonyl (C=O) groups is 2. The topological polar surface area (TPSA) is 66.8 Å². The second-order valence-electron chi connectivity index (χ2n) is 4.91. The molecule has 1 aromatic rings. The van der Waals surface area contributed by atoms with Crippen LogP contribution in [0.2, 0.25) is 0 Å². The molecule has 0 bridgehead atoms. The van der Waals surface area contributed by atoms with Gasteiger partial charge in [0.05, 0.1) is 6.54 Å². The highest BCUT2D eigenvalue weighted by Gasteiger charge is 2.20. The Hall–Kier alpha value is -1.56. The van der Waals surface area contributed by atoms with Crippen LogP contribution in [0, 0.1) is 0 Å². The summed E-state index contributed by atoms with van der Waals surface area (Å²) < 4.78 is 5.20. The Morgan fingerprint density at radius 2 is 2.00 bits per heavy atom. The van der Waals surface area contributed by atoms with Crippen LogP contribution in [-0.4, -0.2) is 34.7 Å². The number of carbonyl (C=O) groups excluding carboxylic acids is 1. The minimum atomic E-state index is -0.953.